The number of piperidine rings is 1. The molecule has 0 bridgehead atoms. The lowest BCUT2D eigenvalue weighted by atomic mass is 9.98. The number of thiophene rings is 1. The predicted molar refractivity (Wildman–Crippen MR) is 86.2 cm³/mol. The van der Waals surface area contributed by atoms with Gasteiger partial charge in [0.05, 0.1) is 6.04 Å². The molecule has 2 aromatic rings. The highest BCUT2D eigenvalue weighted by Crippen LogP contribution is 2.26. The third-order valence-corrected chi connectivity index (χ3v) is 4.91. The topological polar surface area (TPSA) is 24.1 Å². The Balaban J connectivity index is 1.69. The quantitative estimate of drug-likeness (QED) is 0.880. The van der Waals surface area contributed by atoms with Gasteiger partial charge in [0.2, 0.25) is 0 Å². The van der Waals surface area contributed by atoms with Gasteiger partial charge in [0.25, 0.3) is 0 Å². The standard InChI is InChI=1S/C17H22N2S/c1-2-7-15(8-3-1)17(16-9-5-11-20-16)19-13-14-6-4-10-18-12-14/h1-3,5,7-9,11,14,17-19H,4,6,10,12-13H2. The van der Waals surface area contributed by atoms with Gasteiger partial charge < -0.3 is 10.6 Å². The third-order valence-electron chi connectivity index (χ3n) is 3.97. The highest BCUT2D eigenvalue weighted by Gasteiger charge is 2.18. The van der Waals surface area contributed by atoms with E-state index >= 15 is 0 Å². The summed E-state index contributed by atoms with van der Waals surface area (Å²) in [5.41, 5.74) is 1.36. The number of hydrogen-bond donors (Lipinski definition) is 2. The van der Waals surface area contributed by atoms with Gasteiger partial charge in [-0.3, -0.25) is 0 Å². The first kappa shape index (κ1) is 13.8. The van der Waals surface area contributed by atoms with Crippen LogP contribution in [0.4, 0.5) is 0 Å². The van der Waals surface area contributed by atoms with Crippen molar-refractivity contribution < 1.29 is 0 Å². The zero-order chi connectivity index (χ0) is 13.6. The van der Waals surface area contributed by atoms with Crippen LogP contribution in [-0.4, -0.2) is 19.6 Å². The summed E-state index contributed by atoms with van der Waals surface area (Å²) in [6, 6.07) is 15.5. The van der Waals surface area contributed by atoms with Crippen LogP contribution >= 0.6 is 11.3 Å². The zero-order valence-corrected chi connectivity index (χ0v) is 12.5. The van der Waals surface area contributed by atoms with Gasteiger partial charge in [-0.05, 0) is 48.9 Å². The molecule has 3 heteroatoms. The van der Waals surface area contributed by atoms with Crippen molar-refractivity contribution in [3.8, 4) is 0 Å². The van der Waals surface area contributed by atoms with Crippen LogP contribution in [0.1, 0.15) is 29.3 Å². The smallest absolute Gasteiger partial charge is 0.0671 e. The van der Waals surface area contributed by atoms with E-state index in [2.05, 4.69) is 58.5 Å². The minimum atomic E-state index is 0.332. The molecule has 0 aliphatic carbocycles. The molecule has 0 radical (unpaired) electrons. The Morgan fingerprint density at radius 3 is 2.80 bits per heavy atom. The molecule has 1 fully saturated rings. The molecule has 0 amide bonds. The summed E-state index contributed by atoms with van der Waals surface area (Å²) in [5.74, 6) is 0.759. The summed E-state index contributed by atoms with van der Waals surface area (Å²) in [4.78, 5) is 1.40. The van der Waals surface area contributed by atoms with E-state index in [4.69, 9.17) is 0 Å². The van der Waals surface area contributed by atoms with Crippen LogP contribution in [0.5, 0.6) is 0 Å². The first-order chi connectivity index (χ1) is 9.93. The molecular formula is C17H22N2S. The second kappa shape index (κ2) is 7.02. The molecule has 1 saturated heterocycles. The van der Waals surface area contributed by atoms with E-state index < -0.39 is 0 Å². The normalized spacial score (nSPS) is 20.7. The number of hydrogen-bond acceptors (Lipinski definition) is 3. The van der Waals surface area contributed by atoms with Gasteiger partial charge in [-0.2, -0.15) is 0 Å². The fraction of sp³-hybridized carbons (Fsp3) is 0.412. The molecule has 2 N–H and O–H groups in total. The highest BCUT2D eigenvalue weighted by atomic mass is 32.1. The van der Waals surface area contributed by atoms with E-state index in [1.54, 1.807) is 0 Å². The summed E-state index contributed by atoms with van der Waals surface area (Å²) < 4.78 is 0. The third kappa shape index (κ3) is 3.48. The molecule has 106 valence electrons. The molecule has 2 unspecified atom stereocenters. The molecule has 0 saturated carbocycles. The SMILES string of the molecule is c1ccc(C(NCC2CCCNC2)c2cccs2)cc1. The molecular weight excluding hydrogens is 264 g/mol. The first-order valence-corrected chi connectivity index (χ1v) is 8.34. The second-order valence-electron chi connectivity index (χ2n) is 5.48. The van der Waals surface area contributed by atoms with Crippen LogP contribution in [0.2, 0.25) is 0 Å². The lowest BCUT2D eigenvalue weighted by molar-refractivity contribution is 0.353. The average molecular weight is 286 g/mol. The molecule has 1 aliphatic rings. The van der Waals surface area contributed by atoms with E-state index in [1.165, 1.54) is 29.8 Å². The van der Waals surface area contributed by atoms with Crippen LogP contribution in [-0.2, 0) is 0 Å². The van der Waals surface area contributed by atoms with Crippen LogP contribution in [0.3, 0.4) is 0 Å². The lowest BCUT2D eigenvalue weighted by Gasteiger charge is -2.26. The Kier molecular flexibility index (Phi) is 4.85. The Bertz CT molecular complexity index is 489. The maximum absolute atomic E-state index is 3.78. The molecule has 1 aromatic heterocycles. The fourth-order valence-corrected chi connectivity index (χ4v) is 3.69. The molecule has 2 heterocycles. The van der Waals surface area contributed by atoms with Gasteiger partial charge in [-0.25, -0.2) is 0 Å². The van der Waals surface area contributed by atoms with Crippen LogP contribution in [0.15, 0.2) is 47.8 Å². The van der Waals surface area contributed by atoms with E-state index in [0.717, 1.165) is 19.0 Å². The molecule has 1 aromatic carbocycles. The fourth-order valence-electron chi connectivity index (χ4n) is 2.87. The maximum atomic E-state index is 3.78. The summed E-state index contributed by atoms with van der Waals surface area (Å²) in [7, 11) is 0. The van der Waals surface area contributed by atoms with Crippen molar-refractivity contribution in [2.75, 3.05) is 19.6 Å². The maximum Gasteiger partial charge on any atom is 0.0671 e. The van der Waals surface area contributed by atoms with E-state index in [0.29, 0.717) is 6.04 Å². The van der Waals surface area contributed by atoms with Crippen molar-refractivity contribution >= 4 is 11.3 Å². The minimum absolute atomic E-state index is 0.332. The van der Waals surface area contributed by atoms with Crippen LogP contribution in [0, 0.1) is 5.92 Å². The Hall–Kier alpha value is -1.16. The van der Waals surface area contributed by atoms with Crippen LogP contribution in [0.25, 0.3) is 0 Å². The Morgan fingerprint density at radius 2 is 2.10 bits per heavy atom. The van der Waals surface area contributed by atoms with Gasteiger partial charge in [0.1, 0.15) is 0 Å². The molecule has 2 atom stereocenters. The number of benzene rings is 1. The van der Waals surface area contributed by atoms with Crippen molar-refractivity contribution in [3.05, 3.63) is 58.3 Å². The summed E-state index contributed by atoms with van der Waals surface area (Å²) in [5, 5.41) is 9.44. The predicted octanol–water partition coefficient (Wildman–Crippen LogP) is 3.43. The number of nitrogens with one attached hydrogen (secondary N) is 2. The van der Waals surface area contributed by atoms with E-state index in [1.807, 2.05) is 11.3 Å². The van der Waals surface area contributed by atoms with Gasteiger partial charge in [0, 0.05) is 11.4 Å². The molecule has 20 heavy (non-hydrogen) atoms. The lowest BCUT2D eigenvalue weighted by Crippen LogP contribution is -2.37. The average Bonchev–Trinajstić information content (AvgIpc) is 3.04. The molecule has 1 aliphatic heterocycles. The highest BCUT2D eigenvalue weighted by molar-refractivity contribution is 7.10. The van der Waals surface area contributed by atoms with Crippen molar-refractivity contribution in [1.82, 2.24) is 10.6 Å². The monoisotopic (exact) mass is 286 g/mol. The Labute approximate surface area is 125 Å². The Morgan fingerprint density at radius 1 is 1.20 bits per heavy atom. The molecule has 3 rings (SSSR count). The summed E-state index contributed by atoms with van der Waals surface area (Å²) in [6.07, 6.45) is 2.65. The number of rotatable bonds is 5. The van der Waals surface area contributed by atoms with Gasteiger partial charge in [-0.1, -0.05) is 36.4 Å². The first-order valence-electron chi connectivity index (χ1n) is 7.46. The second-order valence-corrected chi connectivity index (χ2v) is 6.46. The van der Waals surface area contributed by atoms with Crippen molar-refractivity contribution in [2.45, 2.75) is 18.9 Å². The van der Waals surface area contributed by atoms with Crippen LogP contribution < -0.4 is 10.6 Å². The van der Waals surface area contributed by atoms with Gasteiger partial charge >= 0.3 is 0 Å². The minimum Gasteiger partial charge on any atom is -0.316 e. The molecule has 0 spiro atoms. The van der Waals surface area contributed by atoms with Gasteiger partial charge in [0.15, 0.2) is 0 Å². The molecule has 2 nitrogen and oxygen atoms in total. The largest absolute Gasteiger partial charge is 0.316 e. The van der Waals surface area contributed by atoms with Gasteiger partial charge in [-0.15, -0.1) is 11.3 Å². The van der Waals surface area contributed by atoms with Crippen molar-refractivity contribution in [1.29, 1.82) is 0 Å². The zero-order valence-electron chi connectivity index (χ0n) is 11.7. The van der Waals surface area contributed by atoms with Crippen molar-refractivity contribution in [3.63, 3.8) is 0 Å². The van der Waals surface area contributed by atoms with E-state index in [9.17, 15) is 0 Å². The summed E-state index contributed by atoms with van der Waals surface area (Å²) >= 11 is 1.83. The van der Waals surface area contributed by atoms with Crippen molar-refractivity contribution in [2.24, 2.45) is 5.92 Å². The van der Waals surface area contributed by atoms with E-state index in [-0.39, 0.29) is 0 Å². The summed E-state index contributed by atoms with van der Waals surface area (Å²) in [6.45, 7) is 3.42.